The Bertz CT molecular complexity index is 919. The zero-order valence-electron chi connectivity index (χ0n) is 12.8. The van der Waals surface area contributed by atoms with Gasteiger partial charge >= 0.3 is 0 Å². The number of hydrogen-bond acceptors (Lipinski definition) is 5. The van der Waals surface area contributed by atoms with Gasteiger partial charge in [0.15, 0.2) is 5.65 Å². The van der Waals surface area contributed by atoms with Gasteiger partial charge in [-0.1, -0.05) is 23.7 Å². The van der Waals surface area contributed by atoms with Crippen LogP contribution in [0.15, 0.2) is 36.7 Å². The maximum Gasteiger partial charge on any atom is 0.208 e. The first-order chi connectivity index (χ1) is 11.7. The second kappa shape index (κ2) is 6.11. The van der Waals surface area contributed by atoms with E-state index in [1.165, 1.54) is 0 Å². The van der Waals surface area contributed by atoms with Crippen LogP contribution in [0.1, 0.15) is 12.0 Å². The number of nitrogens with one attached hydrogen (secondary N) is 2. The van der Waals surface area contributed by atoms with Crippen molar-refractivity contribution in [3.63, 3.8) is 0 Å². The highest BCUT2D eigenvalue weighted by molar-refractivity contribution is 6.30. The molecule has 1 saturated heterocycles. The average molecular weight is 339 g/mol. The Morgan fingerprint density at radius 3 is 2.88 bits per heavy atom. The fraction of sp³-hybridized carbons (Fsp3) is 0.235. The SMILES string of the molecule is N#Cc1cnc(NC2CCNC2)n2cc(-c3ccc(Cl)cc3)nc12. The van der Waals surface area contributed by atoms with E-state index in [1.807, 2.05) is 34.9 Å². The molecular formula is C17H15ClN6. The van der Waals surface area contributed by atoms with Gasteiger partial charge in [0, 0.05) is 29.4 Å². The van der Waals surface area contributed by atoms with Gasteiger partial charge in [-0.25, -0.2) is 9.97 Å². The monoisotopic (exact) mass is 338 g/mol. The van der Waals surface area contributed by atoms with Gasteiger partial charge in [-0.15, -0.1) is 0 Å². The van der Waals surface area contributed by atoms with Gasteiger partial charge in [-0.05, 0) is 25.1 Å². The predicted molar refractivity (Wildman–Crippen MR) is 93.0 cm³/mol. The Morgan fingerprint density at radius 1 is 1.33 bits per heavy atom. The molecule has 4 rings (SSSR count). The Morgan fingerprint density at radius 2 is 2.17 bits per heavy atom. The summed E-state index contributed by atoms with van der Waals surface area (Å²) in [6.45, 7) is 1.90. The molecule has 1 aliphatic heterocycles. The van der Waals surface area contributed by atoms with E-state index in [1.54, 1.807) is 6.20 Å². The van der Waals surface area contributed by atoms with Gasteiger partial charge in [-0.3, -0.25) is 4.40 Å². The molecule has 0 spiro atoms. The minimum absolute atomic E-state index is 0.329. The van der Waals surface area contributed by atoms with E-state index in [4.69, 9.17) is 11.6 Å². The number of hydrogen-bond donors (Lipinski definition) is 2. The zero-order chi connectivity index (χ0) is 16.5. The summed E-state index contributed by atoms with van der Waals surface area (Å²) in [6.07, 6.45) is 4.51. The maximum absolute atomic E-state index is 9.34. The fourth-order valence-electron chi connectivity index (χ4n) is 2.88. The van der Waals surface area contributed by atoms with Crippen LogP contribution in [0, 0.1) is 11.3 Å². The molecule has 2 N–H and O–H groups in total. The summed E-state index contributed by atoms with van der Waals surface area (Å²) < 4.78 is 1.85. The van der Waals surface area contributed by atoms with Crippen molar-refractivity contribution in [2.75, 3.05) is 18.4 Å². The van der Waals surface area contributed by atoms with Crippen molar-refractivity contribution in [2.45, 2.75) is 12.5 Å². The van der Waals surface area contributed by atoms with Crippen LogP contribution in [0.2, 0.25) is 5.02 Å². The second-order valence-corrected chi connectivity index (χ2v) is 6.20. The third-order valence-electron chi connectivity index (χ3n) is 4.14. The van der Waals surface area contributed by atoms with Crippen molar-refractivity contribution >= 4 is 23.2 Å². The van der Waals surface area contributed by atoms with Crippen LogP contribution in [0.25, 0.3) is 16.9 Å². The molecule has 120 valence electrons. The molecule has 7 heteroatoms. The van der Waals surface area contributed by atoms with Crippen molar-refractivity contribution in [1.82, 2.24) is 19.7 Å². The van der Waals surface area contributed by atoms with Crippen LogP contribution < -0.4 is 10.6 Å². The molecule has 0 amide bonds. The lowest BCUT2D eigenvalue weighted by molar-refractivity contribution is 0.776. The van der Waals surface area contributed by atoms with Gasteiger partial charge < -0.3 is 10.6 Å². The molecule has 0 aliphatic carbocycles. The molecule has 3 heterocycles. The van der Waals surface area contributed by atoms with Gasteiger partial charge in [0.05, 0.1) is 11.9 Å². The molecule has 3 aromatic rings. The van der Waals surface area contributed by atoms with E-state index in [0.29, 0.717) is 28.2 Å². The number of imidazole rings is 1. The minimum atomic E-state index is 0.329. The van der Waals surface area contributed by atoms with Gasteiger partial charge in [0.2, 0.25) is 5.95 Å². The van der Waals surface area contributed by atoms with Crippen LogP contribution in [0.5, 0.6) is 0 Å². The summed E-state index contributed by atoms with van der Waals surface area (Å²) in [4.78, 5) is 9.02. The zero-order valence-corrected chi connectivity index (χ0v) is 13.6. The first-order valence-electron chi connectivity index (χ1n) is 7.76. The molecule has 1 unspecified atom stereocenters. The lowest BCUT2D eigenvalue weighted by atomic mass is 10.2. The van der Waals surface area contributed by atoms with Crippen LogP contribution in [-0.4, -0.2) is 33.5 Å². The third kappa shape index (κ3) is 2.68. The largest absolute Gasteiger partial charge is 0.351 e. The molecule has 24 heavy (non-hydrogen) atoms. The lowest BCUT2D eigenvalue weighted by Crippen LogP contribution is -2.24. The number of aromatic nitrogens is 3. The van der Waals surface area contributed by atoms with Crippen molar-refractivity contribution in [3.8, 4) is 17.3 Å². The number of anilines is 1. The predicted octanol–water partition coefficient (Wildman–Crippen LogP) is 2.70. The Labute approximate surface area is 144 Å². The number of nitrogens with zero attached hydrogens (tertiary/aromatic N) is 4. The average Bonchev–Trinajstić information content (AvgIpc) is 3.25. The molecule has 0 radical (unpaired) electrons. The summed E-state index contributed by atoms with van der Waals surface area (Å²) in [6, 6.07) is 9.97. The number of halogens is 1. The number of fused-ring (bicyclic) bond motifs is 1. The standard InChI is InChI=1S/C17H15ClN6/c18-13-3-1-11(2-4-13)15-10-24-16(23-15)12(7-19)8-21-17(24)22-14-5-6-20-9-14/h1-4,8,10,14,20H,5-6,9H2,(H,21,22). The minimum Gasteiger partial charge on any atom is -0.351 e. The molecule has 1 atom stereocenters. The molecule has 0 bridgehead atoms. The third-order valence-corrected chi connectivity index (χ3v) is 4.40. The van der Waals surface area contributed by atoms with Crippen molar-refractivity contribution in [3.05, 3.63) is 47.2 Å². The molecule has 1 aromatic carbocycles. The highest BCUT2D eigenvalue weighted by Gasteiger charge is 2.18. The quantitative estimate of drug-likeness (QED) is 0.767. The van der Waals surface area contributed by atoms with Crippen LogP contribution in [0.4, 0.5) is 5.95 Å². The maximum atomic E-state index is 9.34. The molecule has 1 fully saturated rings. The van der Waals surface area contributed by atoms with Crippen LogP contribution >= 0.6 is 11.6 Å². The Kier molecular flexibility index (Phi) is 3.81. The van der Waals surface area contributed by atoms with Crippen LogP contribution in [0.3, 0.4) is 0 Å². The molecule has 0 saturated carbocycles. The van der Waals surface area contributed by atoms with E-state index in [9.17, 15) is 5.26 Å². The molecule has 1 aliphatic rings. The number of benzene rings is 1. The van der Waals surface area contributed by atoms with Crippen LogP contribution in [-0.2, 0) is 0 Å². The van der Waals surface area contributed by atoms with E-state index in [0.717, 1.165) is 30.8 Å². The summed E-state index contributed by atoms with van der Waals surface area (Å²) in [5.74, 6) is 0.699. The van der Waals surface area contributed by atoms with Crippen molar-refractivity contribution < 1.29 is 0 Å². The normalized spacial score (nSPS) is 17.1. The number of nitriles is 1. The molecular weight excluding hydrogens is 324 g/mol. The van der Waals surface area contributed by atoms with Gasteiger partial charge in [0.25, 0.3) is 0 Å². The summed E-state index contributed by atoms with van der Waals surface area (Å²) in [5.41, 5.74) is 2.78. The van der Waals surface area contributed by atoms with E-state index in [-0.39, 0.29) is 0 Å². The van der Waals surface area contributed by atoms with Crippen molar-refractivity contribution in [1.29, 1.82) is 5.26 Å². The topological polar surface area (TPSA) is 78.0 Å². The smallest absolute Gasteiger partial charge is 0.208 e. The first kappa shape index (κ1) is 14.9. The first-order valence-corrected chi connectivity index (χ1v) is 8.14. The van der Waals surface area contributed by atoms with E-state index >= 15 is 0 Å². The van der Waals surface area contributed by atoms with E-state index < -0.39 is 0 Å². The van der Waals surface area contributed by atoms with E-state index in [2.05, 4.69) is 26.7 Å². The van der Waals surface area contributed by atoms with Gasteiger partial charge in [0.1, 0.15) is 11.6 Å². The summed E-state index contributed by atoms with van der Waals surface area (Å²) in [5, 5.41) is 16.8. The van der Waals surface area contributed by atoms with Crippen molar-refractivity contribution in [2.24, 2.45) is 0 Å². The highest BCUT2D eigenvalue weighted by Crippen LogP contribution is 2.24. The Hall–Kier alpha value is -2.62. The summed E-state index contributed by atoms with van der Waals surface area (Å²) in [7, 11) is 0. The second-order valence-electron chi connectivity index (χ2n) is 5.77. The molecule has 6 nitrogen and oxygen atoms in total. The molecule has 2 aromatic heterocycles. The lowest BCUT2D eigenvalue weighted by Gasteiger charge is -2.13. The Balaban J connectivity index is 1.80. The highest BCUT2D eigenvalue weighted by atomic mass is 35.5. The van der Waals surface area contributed by atoms with Gasteiger partial charge in [-0.2, -0.15) is 5.26 Å². The summed E-state index contributed by atoms with van der Waals surface area (Å²) >= 11 is 5.95. The fourth-order valence-corrected chi connectivity index (χ4v) is 3.01. The number of rotatable bonds is 3.